The summed E-state index contributed by atoms with van der Waals surface area (Å²) in [4.78, 5) is 15.3. The van der Waals surface area contributed by atoms with E-state index in [9.17, 15) is 9.90 Å². The number of carboxylic acid groups (broad SMARTS) is 1. The van der Waals surface area contributed by atoms with E-state index in [1.807, 2.05) is 0 Å². The Hall–Kier alpha value is -1.09. The fraction of sp³-hybridized carbons (Fsp3) is 0.455. The summed E-state index contributed by atoms with van der Waals surface area (Å²) in [5.41, 5.74) is -0.0656. The second-order valence-electron chi connectivity index (χ2n) is 3.95. The van der Waals surface area contributed by atoms with Crippen LogP contribution in [0.1, 0.15) is 31.2 Å². The standard InChI is InChI=1S/C11H12ClNO2/c12-9-7-13-6-3-8(9)11(10(14)15)4-1-2-5-11/h3,6-7H,1-2,4-5H2,(H,14,15). The van der Waals surface area contributed by atoms with Crippen LogP contribution in [0.4, 0.5) is 0 Å². The monoisotopic (exact) mass is 225 g/mol. The molecule has 80 valence electrons. The summed E-state index contributed by atoms with van der Waals surface area (Å²) in [5.74, 6) is -0.770. The van der Waals surface area contributed by atoms with Crippen LogP contribution in [0, 0.1) is 0 Å². The molecule has 0 amide bonds. The average Bonchev–Trinajstić information content (AvgIpc) is 2.68. The fourth-order valence-electron chi connectivity index (χ4n) is 2.34. The Kier molecular flexibility index (Phi) is 2.65. The number of aliphatic carboxylic acids is 1. The summed E-state index contributed by atoms with van der Waals surface area (Å²) >= 11 is 6.01. The van der Waals surface area contributed by atoms with E-state index in [0.717, 1.165) is 12.8 Å². The molecule has 1 fully saturated rings. The van der Waals surface area contributed by atoms with Gasteiger partial charge in [0.1, 0.15) is 0 Å². The molecule has 1 N–H and O–H groups in total. The van der Waals surface area contributed by atoms with E-state index in [2.05, 4.69) is 4.98 Å². The van der Waals surface area contributed by atoms with Crippen LogP contribution < -0.4 is 0 Å². The normalized spacial score (nSPS) is 19.0. The highest BCUT2D eigenvalue weighted by molar-refractivity contribution is 6.31. The third-order valence-electron chi connectivity index (χ3n) is 3.15. The molecule has 1 heterocycles. The fourth-order valence-corrected chi connectivity index (χ4v) is 2.64. The lowest BCUT2D eigenvalue weighted by molar-refractivity contribution is -0.143. The Morgan fingerprint density at radius 2 is 2.13 bits per heavy atom. The van der Waals surface area contributed by atoms with Crippen LogP contribution >= 0.6 is 11.6 Å². The van der Waals surface area contributed by atoms with Crippen molar-refractivity contribution >= 4 is 17.6 Å². The Morgan fingerprint density at radius 1 is 1.47 bits per heavy atom. The number of carboxylic acids is 1. The summed E-state index contributed by atoms with van der Waals surface area (Å²) in [6.07, 6.45) is 6.36. The molecule has 1 aliphatic carbocycles. The molecule has 0 unspecified atom stereocenters. The molecule has 1 aromatic heterocycles. The highest BCUT2D eigenvalue weighted by atomic mass is 35.5. The second kappa shape index (κ2) is 3.81. The van der Waals surface area contributed by atoms with Crippen molar-refractivity contribution in [2.24, 2.45) is 0 Å². The SMILES string of the molecule is O=C(O)C1(c2ccncc2Cl)CCCC1. The van der Waals surface area contributed by atoms with Gasteiger partial charge < -0.3 is 5.11 Å². The number of carbonyl (C=O) groups is 1. The van der Waals surface area contributed by atoms with Crippen LogP contribution in [0.25, 0.3) is 0 Å². The Morgan fingerprint density at radius 3 is 2.67 bits per heavy atom. The van der Waals surface area contributed by atoms with Crippen LogP contribution in [0.15, 0.2) is 18.5 Å². The van der Waals surface area contributed by atoms with E-state index in [4.69, 9.17) is 11.6 Å². The van der Waals surface area contributed by atoms with E-state index in [0.29, 0.717) is 23.4 Å². The molecule has 0 atom stereocenters. The Balaban J connectivity index is 2.50. The number of rotatable bonds is 2. The van der Waals surface area contributed by atoms with Gasteiger partial charge >= 0.3 is 5.97 Å². The van der Waals surface area contributed by atoms with Crippen molar-refractivity contribution in [3.05, 3.63) is 29.0 Å². The maximum Gasteiger partial charge on any atom is 0.314 e. The molecule has 1 aromatic rings. The summed E-state index contributed by atoms with van der Waals surface area (Å²) in [6.45, 7) is 0. The summed E-state index contributed by atoms with van der Waals surface area (Å²) in [6, 6.07) is 1.72. The third kappa shape index (κ3) is 1.61. The number of nitrogens with zero attached hydrogens (tertiary/aromatic N) is 1. The quantitative estimate of drug-likeness (QED) is 0.842. The minimum atomic E-state index is -0.778. The van der Waals surface area contributed by atoms with Crippen LogP contribution in [0.3, 0.4) is 0 Å². The minimum Gasteiger partial charge on any atom is -0.481 e. The van der Waals surface area contributed by atoms with Gasteiger partial charge in [0.05, 0.1) is 10.4 Å². The second-order valence-corrected chi connectivity index (χ2v) is 4.36. The Bertz CT molecular complexity index is 386. The lowest BCUT2D eigenvalue weighted by Gasteiger charge is -2.24. The van der Waals surface area contributed by atoms with Crippen molar-refractivity contribution in [2.75, 3.05) is 0 Å². The highest BCUT2D eigenvalue weighted by Crippen LogP contribution is 2.43. The summed E-state index contributed by atoms with van der Waals surface area (Å²) in [5, 5.41) is 9.82. The largest absolute Gasteiger partial charge is 0.481 e. The zero-order valence-corrected chi connectivity index (χ0v) is 9.00. The molecule has 1 saturated carbocycles. The molecule has 0 aliphatic heterocycles. The van der Waals surface area contributed by atoms with Gasteiger partial charge in [-0.05, 0) is 24.5 Å². The predicted octanol–water partition coefficient (Wildman–Crippen LogP) is 2.63. The van der Waals surface area contributed by atoms with Gasteiger partial charge in [0, 0.05) is 12.4 Å². The summed E-state index contributed by atoms with van der Waals surface area (Å²) < 4.78 is 0. The molecular formula is C11H12ClNO2. The number of hydrogen-bond acceptors (Lipinski definition) is 2. The zero-order chi connectivity index (χ0) is 10.9. The third-order valence-corrected chi connectivity index (χ3v) is 3.46. The molecule has 3 nitrogen and oxygen atoms in total. The lowest BCUT2D eigenvalue weighted by atomic mass is 9.79. The molecule has 15 heavy (non-hydrogen) atoms. The van der Waals surface area contributed by atoms with Gasteiger partial charge in [-0.15, -0.1) is 0 Å². The van der Waals surface area contributed by atoms with Crippen LogP contribution in [-0.4, -0.2) is 16.1 Å². The van der Waals surface area contributed by atoms with Gasteiger partial charge in [0.2, 0.25) is 0 Å². The van der Waals surface area contributed by atoms with Crippen molar-refractivity contribution in [1.29, 1.82) is 0 Å². The highest BCUT2D eigenvalue weighted by Gasteiger charge is 2.44. The number of hydrogen-bond donors (Lipinski definition) is 1. The van der Waals surface area contributed by atoms with Crippen molar-refractivity contribution in [1.82, 2.24) is 4.98 Å². The molecular weight excluding hydrogens is 214 g/mol. The molecule has 0 radical (unpaired) electrons. The first-order valence-electron chi connectivity index (χ1n) is 5.00. The number of aromatic nitrogens is 1. The number of halogens is 1. The van der Waals surface area contributed by atoms with Gasteiger partial charge in [-0.3, -0.25) is 9.78 Å². The van der Waals surface area contributed by atoms with Gasteiger partial charge in [0.25, 0.3) is 0 Å². The first-order valence-corrected chi connectivity index (χ1v) is 5.38. The summed E-state index contributed by atoms with van der Waals surface area (Å²) in [7, 11) is 0. The molecule has 4 heteroatoms. The van der Waals surface area contributed by atoms with Crippen molar-refractivity contribution in [3.8, 4) is 0 Å². The molecule has 0 saturated heterocycles. The van der Waals surface area contributed by atoms with Gasteiger partial charge in [0.15, 0.2) is 0 Å². The average molecular weight is 226 g/mol. The minimum absolute atomic E-state index is 0.460. The van der Waals surface area contributed by atoms with Crippen LogP contribution in [0.2, 0.25) is 5.02 Å². The van der Waals surface area contributed by atoms with Gasteiger partial charge in [-0.25, -0.2) is 0 Å². The Labute approximate surface area is 93.1 Å². The van der Waals surface area contributed by atoms with Gasteiger partial charge in [-0.2, -0.15) is 0 Å². The van der Waals surface area contributed by atoms with E-state index in [1.165, 1.54) is 6.20 Å². The maximum absolute atomic E-state index is 11.4. The smallest absolute Gasteiger partial charge is 0.314 e. The zero-order valence-electron chi connectivity index (χ0n) is 8.24. The van der Waals surface area contributed by atoms with Gasteiger partial charge in [-0.1, -0.05) is 24.4 Å². The first kappa shape index (κ1) is 10.4. The van der Waals surface area contributed by atoms with Crippen LogP contribution in [-0.2, 0) is 10.2 Å². The maximum atomic E-state index is 11.4. The molecule has 0 bridgehead atoms. The van der Waals surface area contributed by atoms with E-state index < -0.39 is 11.4 Å². The molecule has 2 rings (SSSR count). The molecule has 0 spiro atoms. The van der Waals surface area contributed by atoms with E-state index in [1.54, 1.807) is 12.3 Å². The topological polar surface area (TPSA) is 50.2 Å². The predicted molar refractivity (Wildman–Crippen MR) is 57.0 cm³/mol. The van der Waals surface area contributed by atoms with Crippen molar-refractivity contribution in [2.45, 2.75) is 31.1 Å². The van der Waals surface area contributed by atoms with Crippen molar-refractivity contribution < 1.29 is 9.90 Å². The van der Waals surface area contributed by atoms with Crippen LogP contribution in [0.5, 0.6) is 0 Å². The van der Waals surface area contributed by atoms with E-state index >= 15 is 0 Å². The lowest BCUT2D eigenvalue weighted by Crippen LogP contribution is -2.32. The molecule has 0 aromatic carbocycles. The van der Waals surface area contributed by atoms with E-state index in [-0.39, 0.29) is 0 Å². The van der Waals surface area contributed by atoms with Crippen molar-refractivity contribution in [3.63, 3.8) is 0 Å². The molecule has 1 aliphatic rings. The number of pyridine rings is 1. The first-order chi connectivity index (χ1) is 7.17.